The highest BCUT2D eigenvalue weighted by Gasteiger charge is 2.17. The molecule has 6 aromatic carbocycles. The number of rotatable bonds is 6. The lowest BCUT2D eigenvalue weighted by Gasteiger charge is -2.14. The number of aromatic nitrogens is 3. The van der Waals surface area contributed by atoms with Gasteiger partial charge in [-0.25, -0.2) is 15.0 Å². The fourth-order valence-corrected chi connectivity index (χ4v) is 5.51. The zero-order valence-electron chi connectivity index (χ0n) is 23.2. The van der Waals surface area contributed by atoms with Crippen molar-refractivity contribution in [2.75, 3.05) is 0 Å². The summed E-state index contributed by atoms with van der Waals surface area (Å²) >= 11 is 6.26. The molecular formula is C39H26ClN3. The monoisotopic (exact) mass is 571 g/mol. The molecule has 1 heterocycles. The fraction of sp³-hybridized carbons (Fsp3) is 0. The Labute approximate surface area is 256 Å². The van der Waals surface area contributed by atoms with Crippen LogP contribution in [0.5, 0.6) is 0 Å². The van der Waals surface area contributed by atoms with E-state index in [1.807, 2.05) is 78.9 Å². The van der Waals surface area contributed by atoms with Crippen LogP contribution < -0.4 is 0 Å². The summed E-state index contributed by atoms with van der Waals surface area (Å²) in [5.74, 6) is 1.87. The van der Waals surface area contributed by atoms with E-state index >= 15 is 0 Å². The Morgan fingerprint density at radius 1 is 0.302 bits per heavy atom. The zero-order chi connectivity index (χ0) is 29.0. The van der Waals surface area contributed by atoms with Crippen LogP contribution in [-0.4, -0.2) is 15.0 Å². The molecule has 43 heavy (non-hydrogen) atoms. The quantitative estimate of drug-likeness (QED) is 0.199. The molecule has 0 fully saturated rings. The van der Waals surface area contributed by atoms with Gasteiger partial charge in [-0.3, -0.25) is 0 Å². The Bertz CT molecular complexity index is 1920. The van der Waals surface area contributed by atoms with Gasteiger partial charge in [0.05, 0.1) is 0 Å². The van der Waals surface area contributed by atoms with Crippen LogP contribution in [0.15, 0.2) is 158 Å². The van der Waals surface area contributed by atoms with Crippen molar-refractivity contribution < 1.29 is 0 Å². The summed E-state index contributed by atoms with van der Waals surface area (Å²) < 4.78 is 0. The van der Waals surface area contributed by atoms with Gasteiger partial charge >= 0.3 is 0 Å². The Morgan fingerprint density at radius 2 is 0.721 bits per heavy atom. The maximum atomic E-state index is 6.26. The first-order chi connectivity index (χ1) is 21.2. The number of benzene rings is 6. The van der Waals surface area contributed by atoms with Crippen LogP contribution in [0.25, 0.3) is 67.5 Å². The fourth-order valence-electron chi connectivity index (χ4n) is 5.32. The molecule has 0 aliphatic carbocycles. The van der Waals surface area contributed by atoms with Gasteiger partial charge in [-0.2, -0.15) is 0 Å². The molecule has 7 rings (SSSR count). The van der Waals surface area contributed by atoms with Crippen molar-refractivity contribution >= 4 is 11.6 Å². The van der Waals surface area contributed by atoms with Crippen LogP contribution in [0.1, 0.15) is 0 Å². The normalized spacial score (nSPS) is 10.9. The Kier molecular flexibility index (Phi) is 7.31. The van der Waals surface area contributed by atoms with Crippen LogP contribution in [-0.2, 0) is 0 Å². The molecule has 0 saturated carbocycles. The minimum absolute atomic E-state index is 0.614. The van der Waals surface area contributed by atoms with Crippen molar-refractivity contribution in [1.82, 2.24) is 15.0 Å². The van der Waals surface area contributed by atoms with Gasteiger partial charge in [-0.1, -0.05) is 157 Å². The lowest BCUT2D eigenvalue weighted by Crippen LogP contribution is -2.02. The third kappa shape index (κ3) is 5.59. The maximum Gasteiger partial charge on any atom is 0.164 e. The summed E-state index contributed by atoms with van der Waals surface area (Å²) in [6.07, 6.45) is 0. The zero-order valence-corrected chi connectivity index (χ0v) is 24.0. The minimum atomic E-state index is 0.614. The predicted octanol–water partition coefficient (Wildman–Crippen LogP) is 10.5. The van der Waals surface area contributed by atoms with Crippen LogP contribution in [0.2, 0.25) is 5.02 Å². The number of nitrogens with zero attached hydrogens (tertiary/aromatic N) is 3. The van der Waals surface area contributed by atoms with Crippen molar-refractivity contribution in [1.29, 1.82) is 0 Å². The summed E-state index contributed by atoms with van der Waals surface area (Å²) in [5.41, 5.74) is 9.30. The molecule has 1 aromatic heterocycles. The van der Waals surface area contributed by atoms with Crippen molar-refractivity contribution in [2.24, 2.45) is 0 Å². The number of halogens is 1. The van der Waals surface area contributed by atoms with E-state index in [0.29, 0.717) is 22.5 Å². The van der Waals surface area contributed by atoms with E-state index in [1.54, 1.807) is 0 Å². The van der Waals surface area contributed by atoms with E-state index in [4.69, 9.17) is 26.6 Å². The maximum absolute atomic E-state index is 6.26. The molecule has 4 heteroatoms. The second-order valence-corrected chi connectivity index (χ2v) is 10.7. The van der Waals surface area contributed by atoms with E-state index in [2.05, 4.69) is 78.9 Å². The van der Waals surface area contributed by atoms with Crippen LogP contribution in [0.4, 0.5) is 0 Å². The molecular weight excluding hydrogens is 546 g/mol. The van der Waals surface area contributed by atoms with Gasteiger partial charge in [0.2, 0.25) is 0 Å². The van der Waals surface area contributed by atoms with Gasteiger partial charge in [-0.05, 0) is 45.5 Å². The third-order valence-electron chi connectivity index (χ3n) is 7.44. The second-order valence-electron chi connectivity index (χ2n) is 10.2. The topological polar surface area (TPSA) is 38.7 Å². The van der Waals surface area contributed by atoms with Gasteiger partial charge in [0.1, 0.15) is 0 Å². The standard InChI is InChI=1S/C39H26ClN3/c40-32-17-11-16-31(26-32)27-22-24-30(25-23-27)37-41-38(35-20-9-7-18-33(35)28-12-3-1-4-13-28)43-39(42-37)36-21-10-8-19-34(36)29-14-5-2-6-15-29/h1-26H. The molecule has 0 radical (unpaired) electrons. The average Bonchev–Trinajstić information content (AvgIpc) is 3.09. The summed E-state index contributed by atoms with van der Waals surface area (Å²) in [5, 5.41) is 0.711. The Morgan fingerprint density at radius 3 is 1.23 bits per heavy atom. The Balaban J connectivity index is 1.41. The highest BCUT2D eigenvalue weighted by atomic mass is 35.5. The summed E-state index contributed by atoms with van der Waals surface area (Å²) in [6, 6.07) is 53.4. The molecule has 0 aliphatic rings. The minimum Gasteiger partial charge on any atom is -0.208 e. The smallest absolute Gasteiger partial charge is 0.164 e. The summed E-state index contributed by atoms with van der Waals surface area (Å²) in [7, 11) is 0. The van der Waals surface area contributed by atoms with Gasteiger partial charge < -0.3 is 0 Å². The van der Waals surface area contributed by atoms with E-state index < -0.39 is 0 Å². The van der Waals surface area contributed by atoms with Gasteiger partial charge in [-0.15, -0.1) is 0 Å². The Hall–Kier alpha value is -5.38. The largest absolute Gasteiger partial charge is 0.208 e. The lowest BCUT2D eigenvalue weighted by atomic mass is 9.98. The molecule has 0 spiro atoms. The van der Waals surface area contributed by atoms with Crippen molar-refractivity contribution in [3.8, 4) is 67.5 Å². The first kappa shape index (κ1) is 26.5. The molecule has 0 aliphatic heterocycles. The van der Waals surface area contributed by atoms with E-state index in [-0.39, 0.29) is 0 Å². The van der Waals surface area contributed by atoms with Crippen molar-refractivity contribution in [3.05, 3.63) is 163 Å². The van der Waals surface area contributed by atoms with Crippen LogP contribution in [0.3, 0.4) is 0 Å². The molecule has 0 saturated heterocycles. The number of hydrogen-bond acceptors (Lipinski definition) is 3. The highest BCUT2D eigenvalue weighted by molar-refractivity contribution is 6.30. The van der Waals surface area contributed by atoms with E-state index in [1.165, 1.54) is 0 Å². The van der Waals surface area contributed by atoms with Gasteiger partial charge in [0.15, 0.2) is 17.5 Å². The molecule has 3 nitrogen and oxygen atoms in total. The molecule has 0 bridgehead atoms. The molecule has 0 N–H and O–H groups in total. The van der Waals surface area contributed by atoms with E-state index in [9.17, 15) is 0 Å². The van der Waals surface area contributed by atoms with Crippen molar-refractivity contribution in [2.45, 2.75) is 0 Å². The van der Waals surface area contributed by atoms with Crippen LogP contribution >= 0.6 is 11.6 Å². The SMILES string of the molecule is Clc1cccc(-c2ccc(-c3nc(-c4ccccc4-c4ccccc4)nc(-c4ccccc4-c4ccccc4)n3)cc2)c1. The lowest BCUT2D eigenvalue weighted by molar-refractivity contribution is 1.07. The van der Waals surface area contributed by atoms with Gasteiger partial charge in [0.25, 0.3) is 0 Å². The van der Waals surface area contributed by atoms with Gasteiger partial charge in [0, 0.05) is 21.7 Å². The predicted molar refractivity (Wildman–Crippen MR) is 177 cm³/mol. The van der Waals surface area contributed by atoms with E-state index in [0.717, 1.165) is 50.1 Å². The first-order valence-corrected chi connectivity index (χ1v) is 14.5. The molecule has 0 amide bonds. The number of hydrogen-bond donors (Lipinski definition) is 0. The summed E-state index contributed by atoms with van der Waals surface area (Å²) in [4.78, 5) is 15.2. The van der Waals surface area contributed by atoms with Crippen LogP contribution in [0, 0.1) is 0 Å². The second kappa shape index (κ2) is 11.8. The molecule has 204 valence electrons. The summed E-state index contributed by atoms with van der Waals surface area (Å²) in [6.45, 7) is 0. The average molecular weight is 572 g/mol. The van der Waals surface area contributed by atoms with Crippen molar-refractivity contribution in [3.63, 3.8) is 0 Å². The third-order valence-corrected chi connectivity index (χ3v) is 7.68. The molecule has 0 atom stereocenters. The first-order valence-electron chi connectivity index (χ1n) is 14.1. The highest BCUT2D eigenvalue weighted by Crippen LogP contribution is 2.35. The molecule has 7 aromatic rings. The molecule has 0 unspecified atom stereocenters.